The molecule has 3 aromatic rings. The lowest BCUT2D eigenvalue weighted by atomic mass is 10.2. The number of aromatic amines is 1. The van der Waals surface area contributed by atoms with Gasteiger partial charge in [0.2, 0.25) is 5.82 Å². The third-order valence-corrected chi connectivity index (χ3v) is 3.46. The molecule has 0 atom stereocenters. The predicted octanol–water partition coefficient (Wildman–Crippen LogP) is 1.84. The smallest absolute Gasteiger partial charge is 0.375 e. The highest BCUT2D eigenvalue weighted by Gasteiger charge is 2.14. The number of carbonyl (C=O) groups is 1. The molecular formula is C12H11N5O2S. The Labute approximate surface area is 117 Å². The molecule has 0 aliphatic rings. The number of hydrogen-bond donors (Lipinski definition) is 2. The Hall–Kier alpha value is -2.48. The van der Waals surface area contributed by atoms with E-state index in [-0.39, 0.29) is 5.82 Å². The number of hydrogen-bond acceptors (Lipinski definition) is 7. The molecule has 0 saturated carbocycles. The lowest BCUT2D eigenvalue weighted by molar-refractivity contribution is 0.0512. The minimum atomic E-state index is -0.519. The first kappa shape index (κ1) is 12.5. The van der Waals surface area contributed by atoms with Crippen LogP contribution in [0.5, 0.6) is 0 Å². The summed E-state index contributed by atoms with van der Waals surface area (Å²) in [6.45, 7) is 2.03. The average Bonchev–Trinajstić information content (AvgIpc) is 3.02. The second-order valence-electron chi connectivity index (χ2n) is 3.96. The molecule has 0 amide bonds. The molecule has 102 valence electrons. The second-order valence-corrected chi connectivity index (χ2v) is 5.02. The summed E-state index contributed by atoms with van der Waals surface area (Å²) < 4.78 is 5.80. The van der Waals surface area contributed by atoms with Crippen molar-refractivity contribution in [2.24, 2.45) is 0 Å². The summed E-state index contributed by atoms with van der Waals surface area (Å²) >= 11 is 1.39. The zero-order chi connectivity index (χ0) is 14.1. The number of nitrogen functional groups attached to an aromatic ring is 1. The maximum Gasteiger partial charge on any atom is 0.375 e. The topological polar surface area (TPSA) is 107 Å². The summed E-state index contributed by atoms with van der Waals surface area (Å²) in [4.78, 5) is 19.8. The number of ether oxygens (including phenoxy) is 1. The molecule has 2 aromatic heterocycles. The second kappa shape index (κ2) is 4.89. The third-order valence-electron chi connectivity index (χ3n) is 2.62. The van der Waals surface area contributed by atoms with Gasteiger partial charge in [-0.15, -0.1) is 0 Å². The third kappa shape index (κ3) is 2.21. The zero-order valence-corrected chi connectivity index (χ0v) is 11.4. The van der Waals surface area contributed by atoms with E-state index in [0.29, 0.717) is 17.6 Å². The molecule has 0 radical (unpaired) electrons. The normalized spacial score (nSPS) is 10.8. The fourth-order valence-corrected chi connectivity index (χ4v) is 2.54. The van der Waals surface area contributed by atoms with Crippen LogP contribution in [0.25, 0.3) is 21.6 Å². The first-order valence-electron chi connectivity index (χ1n) is 5.93. The first-order valence-corrected chi connectivity index (χ1v) is 6.75. The molecule has 0 fully saturated rings. The van der Waals surface area contributed by atoms with Gasteiger partial charge in [0.15, 0.2) is 11.0 Å². The number of nitrogens with one attached hydrogen (secondary N) is 1. The monoisotopic (exact) mass is 289 g/mol. The number of esters is 1. The Kier molecular flexibility index (Phi) is 3.07. The maximum atomic E-state index is 11.5. The SMILES string of the molecule is CCOC(=O)c1nc(-c2ccc3nc(N)sc3c2)n[nH]1. The van der Waals surface area contributed by atoms with Gasteiger partial charge in [-0.05, 0) is 25.1 Å². The van der Waals surface area contributed by atoms with Gasteiger partial charge in [0, 0.05) is 5.56 Å². The van der Waals surface area contributed by atoms with E-state index < -0.39 is 5.97 Å². The summed E-state index contributed by atoms with van der Waals surface area (Å²) in [7, 11) is 0. The van der Waals surface area contributed by atoms with Crippen molar-refractivity contribution in [2.45, 2.75) is 6.92 Å². The molecule has 0 saturated heterocycles. The van der Waals surface area contributed by atoms with Gasteiger partial charge >= 0.3 is 5.97 Å². The van der Waals surface area contributed by atoms with Crippen LogP contribution in [0, 0.1) is 0 Å². The summed E-state index contributed by atoms with van der Waals surface area (Å²) in [6.07, 6.45) is 0. The number of rotatable bonds is 3. The van der Waals surface area contributed by atoms with Gasteiger partial charge in [-0.2, -0.15) is 5.10 Å². The van der Waals surface area contributed by atoms with Crippen LogP contribution in [0.2, 0.25) is 0 Å². The van der Waals surface area contributed by atoms with Crippen molar-refractivity contribution in [1.29, 1.82) is 0 Å². The lowest BCUT2D eigenvalue weighted by Gasteiger charge is -1.96. The van der Waals surface area contributed by atoms with Gasteiger partial charge in [-0.25, -0.2) is 14.8 Å². The Morgan fingerprint density at radius 1 is 1.45 bits per heavy atom. The maximum absolute atomic E-state index is 11.5. The number of aromatic nitrogens is 4. The standard InChI is InChI=1S/C12H11N5O2S/c1-2-19-11(18)10-15-9(16-17-10)6-3-4-7-8(5-6)20-12(13)14-7/h3-5H,2H2,1H3,(H2,13,14)(H,15,16,17). The van der Waals surface area contributed by atoms with E-state index in [4.69, 9.17) is 10.5 Å². The minimum Gasteiger partial charge on any atom is -0.460 e. The number of benzene rings is 1. The number of thiazole rings is 1. The van der Waals surface area contributed by atoms with Crippen LogP contribution in [0.1, 0.15) is 17.5 Å². The number of nitrogens with zero attached hydrogens (tertiary/aromatic N) is 3. The van der Waals surface area contributed by atoms with Crippen LogP contribution >= 0.6 is 11.3 Å². The number of anilines is 1. The van der Waals surface area contributed by atoms with Gasteiger partial charge in [-0.1, -0.05) is 11.3 Å². The predicted molar refractivity (Wildman–Crippen MR) is 75.4 cm³/mol. The molecule has 0 spiro atoms. The summed E-state index contributed by atoms with van der Waals surface area (Å²) in [6, 6.07) is 5.57. The minimum absolute atomic E-state index is 0.0887. The summed E-state index contributed by atoms with van der Waals surface area (Å²) in [5.41, 5.74) is 7.28. The Morgan fingerprint density at radius 3 is 3.10 bits per heavy atom. The van der Waals surface area contributed by atoms with Crippen molar-refractivity contribution >= 4 is 32.7 Å². The molecular weight excluding hydrogens is 278 g/mol. The molecule has 0 aliphatic carbocycles. The van der Waals surface area contributed by atoms with Crippen molar-refractivity contribution < 1.29 is 9.53 Å². The van der Waals surface area contributed by atoms with Crippen LogP contribution in [0.4, 0.5) is 5.13 Å². The fourth-order valence-electron chi connectivity index (χ4n) is 1.76. The van der Waals surface area contributed by atoms with E-state index in [1.54, 1.807) is 6.92 Å². The van der Waals surface area contributed by atoms with Gasteiger partial charge in [0.25, 0.3) is 0 Å². The van der Waals surface area contributed by atoms with Crippen LogP contribution in [-0.4, -0.2) is 32.7 Å². The Balaban J connectivity index is 1.96. The molecule has 3 N–H and O–H groups in total. The molecule has 1 aromatic carbocycles. The number of H-pyrrole nitrogens is 1. The zero-order valence-electron chi connectivity index (χ0n) is 10.6. The van der Waals surface area contributed by atoms with E-state index in [1.165, 1.54) is 11.3 Å². The van der Waals surface area contributed by atoms with Gasteiger partial charge in [0.1, 0.15) is 0 Å². The quantitative estimate of drug-likeness (QED) is 0.712. The van der Waals surface area contributed by atoms with Crippen molar-refractivity contribution in [1.82, 2.24) is 20.2 Å². The summed E-state index contributed by atoms with van der Waals surface area (Å²) in [5, 5.41) is 7.10. The fraction of sp³-hybridized carbons (Fsp3) is 0.167. The molecule has 20 heavy (non-hydrogen) atoms. The lowest BCUT2D eigenvalue weighted by Crippen LogP contribution is -2.06. The number of fused-ring (bicyclic) bond motifs is 1. The largest absolute Gasteiger partial charge is 0.460 e. The molecule has 0 bridgehead atoms. The van der Waals surface area contributed by atoms with Gasteiger partial charge < -0.3 is 10.5 Å². The molecule has 7 nitrogen and oxygen atoms in total. The average molecular weight is 289 g/mol. The van der Waals surface area contributed by atoms with Gasteiger partial charge in [-0.3, -0.25) is 5.10 Å². The number of carbonyl (C=O) groups excluding carboxylic acids is 1. The van der Waals surface area contributed by atoms with Crippen molar-refractivity contribution in [3.63, 3.8) is 0 Å². The molecule has 3 rings (SSSR count). The molecule has 0 unspecified atom stereocenters. The van der Waals surface area contributed by atoms with E-state index in [2.05, 4.69) is 20.2 Å². The van der Waals surface area contributed by atoms with Crippen molar-refractivity contribution in [2.75, 3.05) is 12.3 Å². The van der Waals surface area contributed by atoms with Crippen LogP contribution in [0.15, 0.2) is 18.2 Å². The Morgan fingerprint density at radius 2 is 2.30 bits per heavy atom. The molecule has 8 heteroatoms. The van der Waals surface area contributed by atoms with Crippen LogP contribution in [-0.2, 0) is 4.74 Å². The molecule has 2 heterocycles. The first-order chi connectivity index (χ1) is 9.67. The van der Waals surface area contributed by atoms with Crippen LogP contribution in [0.3, 0.4) is 0 Å². The number of nitrogens with two attached hydrogens (primary N) is 1. The van der Waals surface area contributed by atoms with E-state index in [9.17, 15) is 4.79 Å². The van der Waals surface area contributed by atoms with Gasteiger partial charge in [0.05, 0.1) is 16.8 Å². The van der Waals surface area contributed by atoms with Crippen LogP contribution < -0.4 is 5.73 Å². The van der Waals surface area contributed by atoms with E-state index >= 15 is 0 Å². The highest BCUT2D eigenvalue weighted by atomic mass is 32.1. The van der Waals surface area contributed by atoms with Crippen molar-refractivity contribution in [3.8, 4) is 11.4 Å². The Bertz CT molecular complexity index is 779. The van der Waals surface area contributed by atoms with E-state index in [1.807, 2.05) is 18.2 Å². The highest BCUT2D eigenvalue weighted by molar-refractivity contribution is 7.22. The van der Waals surface area contributed by atoms with E-state index in [0.717, 1.165) is 15.8 Å². The molecule has 0 aliphatic heterocycles. The summed E-state index contributed by atoms with van der Waals surface area (Å²) in [5.74, 6) is 0.00190. The van der Waals surface area contributed by atoms with Crippen molar-refractivity contribution in [3.05, 3.63) is 24.0 Å². The highest BCUT2D eigenvalue weighted by Crippen LogP contribution is 2.27.